The van der Waals surface area contributed by atoms with Gasteiger partial charge in [-0.3, -0.25) is 9.69 Å². The highest BCUT2D eigenvalue weighted by atomic mass is 32.1. The Morgan fingerprint density at radius 2 is 2.12 bits per heavy atom. The maximum Gasteiger partial charge on any atom is 0.237 e. The number of likely N-dealkylation sites (N-methyl/N-ethyl adjacent to an activating group) is 1. The highest BCUT2D eigenvalue weighted by Crippen LogP contribution is 2.25. The second-order valence-corrected chi connectivity index (χ2v) is 8.16. The monoisotopic (exact) mass is 345 g/mol. The van der Waals surface area contributed by atoms with Crippen molar-refractivity contribution in [2.45, 2.75) is 58.2 Å². The van der Waals surface area contributed by atoms with Crippen LogP contribution in [0.15, 0.2) is 24.3 Å². The lowest BCUT2D eigenvalue weighted by Crippen LogP contribution is -2.49. The number of carbonyl (C=O) groups excluding carboxylic acids is 1. The molecule has 0 saturated heterocycles. The van der Waals surface area contributed by atoms with Crippen LogP contribution >= 0.6 is 11.3 Å². The maximum atomic E-state index is 12.6. The summed E-state index contributed by atoms with van der Waals surface area (Å²) in [5.74, 6) is 0.724. The fourth-order valence-corrected chi connectivity index (χ4v) is 4.40. The normalized spacial score (nSPS) is 22.7. The molecule has 1 aliphatic carbocycles. The number of fused-ring (bicyclic) bond motifs is 1. The summed E-state index contributed by atoms with van der Waals surface area (Å²) >= 11 is 1.71. The number of thiazole rings is 1. The summed E-state index contributed by atoms with van der Waals surface area (Å²) in [7, 11) is 2.00. The third kappa shape index (κ3) is 3.95. The molecule has 130 valence electrons. The van der Waals surface area contributed by atoms with Gasteiger partial charge in [-0.15, -0.1) is 11.3 Å². The van der Waals surface area contributed by atoms with E-state index in [-0.39, 0.29) is 11.9 Å². The number of carbonyl (C=O) groups is 1. The Kier molecular flexibility index (Phi) is 5.51. The molecule has 0 bridgehead atoms. The molecule has 3 atom stereocenters. The van der Waals surface area contributed by atoms with Crippen LogP contribution in [0.25, 0.3) is 10.2 Å². The van der Waals surface area contributed by atoms with E-state index in [1.54, 1.807) is 11.3 Å². The van der Waals surface area contributed by atoms with Gasteiger partial charge in [0.25, 0.3) is 0 Å². The van der Waals surface area contributed by atoms with Crippen molar-refractivity contribution in [3.8, 4) is 0 Å². The maximum absolute atomic E-state index is 12.6. The topological polar surface area (TPSA) is 45.2 Å². The van der Waals surface area contributed by atoms with E-state index in [4.69, 9.17) is 0 Å². The molecule has 3 rings (SSSR count). The Balaban J connectivity index is 1.59. The Morgan fingerprint density at radius 3 is 2.88 bits per heavy atom. The zero-order chi connectivity index (χ0) is 17.1. The average molecular weight is 346 g/mol. The van der Waals surface area contributed by atoms with Gasteiger partial charge in [-0.25, -0.2) is 4.98 Å². The van der Waals surface area contributed by atoms with Crippen LogP contribution in [0.4, 0.5) is 0 Å². The third-order valence-corrected chi connectivity index (χ3v) is 6.22. The zero-order valence-corrected chi connectivity index (χ0v) is 15.6. The predicted molar refractivity (Wildman–Crippen MR) is 100 cm³/mol. The molecular weight excluding hydrogens is 318 g/mol. The largest absolute Gasteiger partial charge is 0.352 e. The van der Waals surface area contributed by atoms with Gasteiger partial charge in [0.2, 0.25) is 5.91 Å². The molecule has 0 aliphatic heterocycles. The Hall–Kier alpha value is -1.46. The molecule has 1 fully saturated rings. The first-order valence-corrected chi connectivity index (χ1v) is 9.71. The number of nitrogens with zero attached hydrogens (tertiary/aromatic N) is 2. The SMILES string of the molecule is CC1CCCCC1NC(=O)C(C)N(C)Cc1nc2ccccc2s1. The second-order valence-electron chi connectivity index (χ2n) is 7.04. The highest BCUT2D eigenvalue weighted by molar-refractivity contribution is 7.18. The van der Waals surface area contributed by atoms with E-state index in [1.165, 1.54) is 24.0 Å². The standard InChI is InChI=1S/C19H27N3OS/c1-13-8-4-5-9-15(13)21-19(23)14(2)22(3)12-18-20-16-10-6-7-11-17(16)24-18/h6-7,10-11,13-15H,4-5,8-9,12H2,1-3H3,(H,21,23). The van der Waals surface area contributed by atoms with Crippen molar-refractivity contribution in [2.75, 3.05) is 7.05 Å². The van der Waals surface area contributed by atoms with Gasteiger partial charge >= 0.3 is 0 Å². The molecular formula is C19H27N3OS. The number of benzene rings is 1. The van der Waals surface area contributed by atoms with Crippen molar-refractivity contribution in [3.63, 3.8) is 0 Å². The fraction of sp³-hybridized carbons (Fsp3) is 0.579. The number of hydrogen-bond acceptors (Lipinski definition) is 4. The Morgan fingerprint density at radius 1 is 1.38 bits per heavy atom. The molecule has 0 radical (unpaired) electrons. The molecule has 3 unspecified atom stereocenters. The van der Waals surface area contributed by atoms with Crippen molar-refractivity contribution in [3.05, 3.63) is 29.3 Å². The number of aromatic nitrogens is 1. The molecule has 1 heterocycles. The molecule has 1 amide bonds. The van der Waals surface area contributed by atoms with Gasteiger partial charge in [0.1, 0.15) is 5.01 Å². The van der Waals surface area contributed by atoms with Gasteiger partial charge in [0.15, 0.2) is 0 Å². The lowest BCUT2D eigenvalue weighted by atomic mass is 9.86. The fourth-order valence-electron chi connectivity index (χ4n) is 3.37. The summed E-state index contributed by atoms with van der Waals surface area (Å²) < 4.78 is 1.20. The summed E-state index contributed by atoms with van der Waals surface area (Å²) in [5, 5.41) is 4.32. The predicted octanol–water partition coefficient (Wildman–Crippen LogP) is 3.81. The van der Waals surface area contributed by atoms with Crippen molar-refractivity contribution in [2.24, 2.45) is 5.92 Å². The van der Waals surface area contributed by atoms with Crippen LogP contribution in [0.5, 0.6) is 0 Å². The number of amides is 1. The van der Waals surface area contributed by atoms with Crippen LogP contribution in [0.3, 0.4) is 0 Å². The summed E-state index contributed by atoms with van der Waals surface area (Å²) in [6, 6.07) is 8.37. The van der Waals surface area contributed by atoms with Gasteiger partial charge in [0.05, 0.1) is 22.8 Å². The van der Waals surface area contributed by atoms with Crippen LogP contribution in [0.1, 0.15) is 44.5 Å². The summed E-state index contributed by atoms with van der Waals surface area (Å²) in [4.78, 5) is 19.3. The molecule has 2 aromatic rings. The molecule has 1 aromatic carbocycles. The van der Waals surface area contributed by atoms with E-state index in [1.807, 2.05) is 32.2 Å². The van der Waals surface area contributed by atoms with E-state index in [2.05, 4.69) is 28.2 Å². The van der Waals surface area contributed by atoms with Gasteiger partial charge in [0, 0.05) is 6.04 Å². The minimum absolute atomic E-state index is 0.136. The van der Waals surface area contributed by atoms with Gasteiger partial charge in [-0.2, -0.15) is 0 Å². The average Bonchev–Trinajstić information content (AvgIpc) is 2.98. The summed E-state index contributed by atoms with van der Waals surface area (Å²) in [6.07, 6.45) is 4.86. The van der Waals surface area contributed by atoms with E-state index in [9.17, 15) is 4.79 Å². The lowest BCUT2D eigenvalue weighted by molar-refractivity contribution is -0.126. The molecule has 4 nitrogen and oxygen atoms in total. The molecule has 1 N–H and O–H groups in total. The van der Waals surface area contributed by atoms with Crippen LogP contribution in [0.2, 0.25) is 0 Å². The van der Waals surface area contributed by atoms with Crippen molar-refractivity contribution in [1.82, 2.24) is 15.2 Å². The number of hydrogen-bond donors (Lipinski definition) is 1. The van der Waals surface area contributed by atoms with Crippen LogP contribution in [0, 0.1) is 5.92 Å². The van der Waals surface area contributed by atoms with E-state index >= 15 is 0 Å². The van der Waals surface area contributed by atoms with Crippen LogP contribution in [-0.2, 0) is 11.3 Å². The minimum atomic E-state index is -0.147. The number of rotatable bonds is 5. The van der Waals surface area contributed by atoms with E-state index in [0.29, 0.717) is 18.5 Å². The second kappa shape index (κ2) is 7.62. The molecule has 1 saturated carbocycles. The van der Waals surface area contributed by atoms with Crippen molar-refractivity contribution in [1.29, 1.82) is 0 Å². The van der Waals surface area contributed by atoms with Crippen molar-refractivity contribution < 1.29 is 4.79 Å². The zero-order valence-electron chi connectivity index (χ0n) is 14.8. The summed E-state index contributed by atoms with van der Waals surface area (Å²) in [6.45, 7) is 4.93. The smallest absolute Gasteiger partial charge is 0.237 e. The molecule has 1 aliphatic rings. The van der Waals surface area contributed by atoms with Crippen molar-refractivity contribution >= 4 is 27.5 Å². The molecule has 0 spiro atoms. The molecule has 24 heavy (non-hydrogen) atoms. The van der Waals surface area contributed by atoms with Gasteiger partial charge in [-0.05, 0) is 44.9 Å². The number of para-hydroxylation sites is 1. The first kappa shape index (κ1) is 17.4. The quantitative estimate of drug-likeness (QED) is 0.896. The van der Waals surface area contributed by atoms with Gasteiger partial charge < -0.3 is 5.32 Å². The number of nitrogens with one attached hydrogen (secondary N) is 1. The Labute approximate surface area is 148 Å². The summed E-state index contributed by atoms with van der Waals surface area (Å²) in [5.41, 5.74) is 1.04. The van der Waals surface area contributed by atoms with Crippen LogP contribution < -0.4 is 5.32 Å². The highest BCUT2D eigenvalue weighted by Gasteiger charge is 2.26. The molecule has 1 aromatic heterocycles. The first-order chi connectivity index (χ1) is 11.5. The van der Waals surface area contributed by atoms with Crippen LogP contribution in [-0.4, -0.2) is 34.9 Å². The van der Waals surface area contributed by atoms with Gasteiger partial charge in [-0.1, -0.05) is 31.9 Å². The third-order valence-electron chi connectivity index (χ3n) is 5.20. The van der Waals surface area contributed by atoms with E-state index < -0.39 is 0 Å². The Bertz CT molecular complexity index is 666. The minimum Gasteiger partial charge on any atom is -0.352 e. The first-order valence-electron chi connectivity index (χ1n) is 8.89. The lowest BCUT2D eigenvalue weighted by Gasteiger charge is -2.32. The molecule has 5 heteroatoms. The van der Waals surface area contributed by atoms with E-state index in [0.717, 1.165) is 16.9 Å².